The number of rotatable bonds is 8. The van der Waals surface area contributed by atoms with Crippen molar-refractivity contribution in [1.29, 1.82) is 0 Å². The van der Waals surface area contributed by atoms with Gasteiger partial charge in [-0.3, -0.25) is 19.3 Å². The molecule has 36 heavy (non-hydrogen) atoms. The molecule has 1 aliphatic heterocycles. The number of ether oxygens (including phenoxy) is 2. The van der Waals surface area contributed by atoms with Crippen LogP contribution >= 0.6 is 11.8 Å². The number of benzene rings is 3. The summed E-state index contributed by atoms with van der Waals surface area (Å²) in [6.45, 7) is 3.95. The SMILES string of the molecule is COc1cc(/C=C2/SC(=O)N(Cc3cccc(C)c3)C2=O)ccc1OCC(=O)Nc1cccc(C)c1. The molecule has 3 aromatic carbocycles. The van der Waals surface area contributed by atoms with Crippen LogP contribution in [-0.2, 0) is 16.1 Å². The number of nitrogens with one attached hydrogen (secondary N) is 1. The second-order valence-corrected chi connectivity index (χ2v) is 9.37. The lowest BCUT2D eigenvalue weighted by atomic mass is 10.1. The largest absolute Gasteiger partial charge is 0.493 e. The molecule has 8 heteroatoms. The van der Waals surface area contributed by atoms with Crippen molar-refractivity contribution in [2.45, 2.75) is 20.4 Å². The summed E-state index contributed by atoms with van der Waals surface area (Å²) in [4.78, 5) is 39.2. The quantitative estimate of drug-likeness (QED) is 0.406. The third kappa shape index (κ3) is 6.14. The van der Waals surface area contributed by atoms with Crippen LogP contribution in [0, 0.1) is 13.8 Å². The minimum Gasteiger partial charge on any atom is -0.493 e. The van der Waals surface area contributed by atoms with E-state index in [2.05, 4.69) is 5.32 Å². The molecule has 1 heterocycles. The smallest absolute Gasteiger partial charge is 0.293 e. The van der Waals surface area contributed by atoms with Crippen molar-refractivity contribution in [3.05, 3.63) is 93.9 Å². The summed E-state index contributed by atoms with van der Waals surface area (Å²) in [7, 11) is 1.49. The zero-order chi connectivity index (χ0) is 25.7. The Bertz CT molecular complexity index is 1350. The lowest BCUT2D eigenvalue weighted by Gasteiger charge is -2.13. The monoisotopic (exact) mass is 502 g/mol. The Kier molecular flexibility index (Phi) is 7.75. The predicted octanol–water partition coefficient (Wildman–Crippen LogP) is 5.57. The van der Waals surface area contributed by atoms with E-state index < -0.39 is 0 Å². The van der Waals surface area contributed by atoms with Crippen molar-refractivity contribution in [2.75, 3.05) is 19.0 Å². The highest BCUT2D eigenvalue weighted by Crippen LogP contribution is 2.35. The summed E-state index contributed by atoms with van der Waals surface area (Å²) < 4.78 is 11.1. The number of amides is 3. The van der Waals surface area contributed by atoms with Crippen molar-refractivity contribution in [3.63, 3.8) is 0 Å². The van der Waals surface area contributed by atoms with E-state index in [4.69, 9.17) is 9.47 Å². The summed E-state index contributed by atoms with van der Waals surface area (Å²) in [5, 5.41) is 2.49. The van der Waals surface area contributed by atoms with E-state index in [0.717, 1.165) is 28.5 Å². The molecule has 0 aliphatic carbocycles. The molecule has 184 valence electrons. The van der Waals surface area contributed by atoms with Gasteiger partial charge in [0.25, 0.3) is 17.1 Å². The molecule has 1 fully saturated rings. The molecule has 4 rings (SSSR count). The van der Waals surface area contributed by atoms with Gasteiger partial charge in [-0.15, -0.1) is 0 Å². The minimum absolute atomic E-state index is 0.193. The summed E-state index contributed by atoms with van der Waals surface area (Å²) in [5.41, 5.74) is 4.37. The number of hydrogen-bond acceptors (Lipinski definition) is 6. The van der Waals surface area contributed by atoms with Crippen LogP contribution in [0.2, 0.25) is 0 Å². The molecule has 0 unspecified atom stereocenters. The number of nitrogens with zero attached hydrogens (tertiary/aromatic N) is 1. The van der Waals surface area contributed by atoms with Crippen molar-refractivity contribution >= 4 is 40.6 Å². The van der Waals surface area contributed by atoms with Crippen LogP contribution in [0.3, 0.4) is 0 Å². The molecule has 7 nitrogen and oxygen atoms in total. The van der Waals surface area contributed by atoms with Gasteiger partial charge in [-0.05, 0) is 72.6 Å². The molecule has 0 bridgehead atoms. The Hall–Kier alpha value is -4.04. The van der Waals surface area contributed by atoms with E-state index >= 15 is 0 Å². The fourth-order valence-corrected chi connectivity index (χ4v) is 4.58. The maximum absolute atomic E-state index is 12.9. The first-order chi connectivity index (χ1) is 17.3. The van der Waals surface area contributed by atoms with Gasteiger partial charge in [0.2, 0.25) is 0 Å². The predicted molar refractivity (Wildman–Crippen MR) is 141 cm³/mol. The number of carbonyl (C=O) groups excluding carboxylic acids is 3. The van der Waals surface area contributed by atoms with Gasteiger partial charge < -0.3 is 14.8 Å². The van der Waals surface area contributed by atoms with Crippen molar-refractivity contribution in [1.82, 2.24) is 4.90 Å². The standard InChI is InChI=1S/C28H26N2O5S/c1-18-6-4-8-21(12-18)16-30-27(32)25(36-28(30)33)15-20-10-11-23(24(14-20)34-3)35-17-26(31)29-22-9-5-7-19(2)13-22/h4-15H,16-17H2,1-3H3,(H,29,31)/b25-15+. The number of carbonyl (C=O) groups is 3. The third-order valence-corrected chi connectivity index (χ3v) is 6.35. The Balaban J connectivity index is 1.42. The summed E-state index contributed by atoms with van der Waals surface area (Å²) in [6.07, 6.45) is 1.65. The normalized spacial score (nSPS) is 14.3. The first-order valence-corrected chi connectivity index (χ1v) is 12.1. The van der Waals surface area contributed by atoms with E-state index in [1.807, 2.05) is 62.4 Å². The molecule has 3 amide bonds. The van der Waals surface area contributed by atoms with Gasteiger partial charge >= 0.3 is 0 Å². The van der Waals surface area contributed by atoms with E-state index in [9.17, 15) is 14.4 Å². The average molecular weight is 503 g/mol. The lowest BCUT2D eigenvalue weighted by Crippen LogP contribution is -2.27. The van der Waals surface area contributed by atoms with Crippen LogP contribution in [0.1, 0.15) is 22.3 Å². The van der Waals surface area contributed by atoms with Crippen molar-refractivity contribution in [2.24, 2.45) is 0 Å². The van der Waals surface area contributed by atoms with E-state index in [0.29, 0.717) is 27.7 Å². The molecule has 0 aromatic heterocycles. The van der Waals surface area contributed by atoms with Gasteiger partial charge in [-0.2, -0.15) is 0 Å². The number of hydrogen-bond donors (Lipinski definition) is 1. The molecule has 0 saturated carbocycles. The summed E-state index contributed by atoms with van der Waals surface area (Å²) in [6, 6.07) is 20.3. The molecule has 0 atom stereocenters. The Morgan fingerprint density at radius 2 is 1.72 bits per heavy atom. The maximum atomic E-state index is 12.9. The molecular formula is C28H26N2O5S. The number of aryl methyl sites for hydroxylation is 2. The molecular weight excluding hydrogens is 476 g/mol. The van der Waals surface area contributed by atoms with Gasteiger partial charge in [0.1, 0.15) is 0 Å². The zero-order valence-corrected chi connectivity index (χ0v) is 21.1. The van der Waals surface area contributed by atoms with Crippen LogP contribution in [-0.4, -0.2) is 35.7 Å². The highest BCUT2D eigenvalue weighted by atomic mass is 32.2. The second-order valence-electron chi connectivity index (χ2n) is 8.37. The van der Waals surface area contributed by atoms with Gasteiger partial charge in [-0.1, -0.05) is 48.0 Å². The van der Waals surface area contributed by atoms with Gasteiger partial charge in [0.05, 0.1) is 18.6 Å². The maximum Gasteiger partial charge on any atom is 0.293 e. The fraction of sp³-hybridized carbons (Fsp3) is 0.179. The summed E-state index contributed by atoms with van der Waals surface area (Å²) in [5.74, 6) is 0.167. The van der Waals surface area contributed by atoms with E-state index in [1.165, 1.54) is 12.0 Å². The van der Waals surface area contributed by atoms with Crippen LogP contribution in [0.5, 0.6) is 11.5 Å². The summed E-state index contributed by atoms with van der Waals surface area (Å²) >= 11 is 0.907. The van der Waals surface area contributed by atoms with Crippen LogP contribution < -0.4 is 14.8 Å². The highest BCUT2D eigenvalue weighted by Gasteiger charge is 2.35. The van der Waals surface area contributed by atoms with Gasteiger partial charge in [0, 0.05) is 5.69 Å². The Morgan fingerprint density at radius 1 is 0.972 bits per heavy atom. The van der Waals surface area contributed by atoms with E-state index in [1.54, 1.807) is 24.3 Å². The third-order valence-electron chi connectivity index (χ3n) is 5.44. The fourth-order valence-electron chi connectivity index (χ4n) is 3.74. The van der Waals surface area contributed by atoms with Crippen LogP contribution in [0.4, 0.5) is 10.5 Å². The lowest BCUT2D eigenvalue weighted by molar-refractivity contribution is -0.123. The average Bonchev–Trinajstić information content (AvgIpc) is 3.10. The Labute approximate surface area is 214 Å². The topological polar surface area (TPSA) is 84.9 Å². The Morgan fingerprint density at radius 3 is 2.44 bits per heavy atom. The molecule has 3 aromatic rings. The first-order valence-electron chi connectivity index (χ1n) is 11.3. The molecule has 1 aliphatic rings. The second kappa shape index (κ2) is 11.1. The van der Waals surface area contributed by atoms with Gasteiger partial charge in [0.15, 0.2) is 18.1 Å². The highest BCUT2D eigenvalue weighted by molar-refractivity contribution is 8.18. The number of thioether (sulfide) groups is 1. The molecule has 1 saturated heterocycles. The number of imide groups is 1. The van der Waals surface area contributed by atoms with E-state index in [-0.39, 0.29) is 30.2 Å². The van der Waals surface area contributed by atoms with Crippen LogP contribution in [0.25, 0.3) is 6.08 Å². The van der Waals surface area contributed by atoms with Gasteiger partial charge in [-0.25, -0.2) is 0 Å². The van der Waals surface area contributed by atoms with Crippen molar-refractivity contribution < 1.29 is 23.9 Å². The zero-order valence-electron chi connectivity index (χ0n) is 20.2. The van der Waals surface area contributed by atoms with Crippen molar-refractivity contribution in [3.8, 4) is 11.5 Å². The number of methoxy groups -OCH3 is 1. The van der Waals surface area contributed by atoms with Crippen LogP contribution in [0.15, 0.2) is 71.6 Å². The first kappa shape index (κ1) is 25.1. The molecule has 1 N–H and O–H groups in total. The molecule has 0 spiro atoms. The molecule has 0 radical (unpaired) electrons. The number of anilines is 1. The minimum atomic E-state index is -0.335.